The third-order valence-electron chi connectivity index (χ3n) is 5.21. The third kappa shape index (κ3) is 2.03. The van der Waals surface area contributed by atoms with E-state index in [-0.39, 0.29) is 11.3 Å². The standard InChI is InChI=1S/C16H20N4O/c21-15(16-5-3-13(16)9-17-10-16)18-6-4-11-1-2-12-8-19-20-14(12)7-11/h1-2,7-8,13,17H,3-6,9-10H2,(H,18,21)(H,19,20)/t13-,16-/m0/s1. The van der Waals surface area contributed by atoms with Crippen molar-refractivity contribution in [3.63, 3.8) is 0 Å². The van der Waals surface area contributed by atoms with Crippen molar-refractivity contribution < 1.29 is 4.79 Å². The van der Waals surface area contributed by atoms with Crippen LogP contribution in [0.5, 0.6) is 0 Å². The van der Waals surface area contributed by atoms with Crippen molar-refractivity contribution >= 4 is 16.8 Å². The summed E-state index contributed by atoms with van der Waals surface area (Å²) < 4.78 is 0. The van der Waals surface area contributed by atoms with Crippen LogP contribution in [0.15, 0.2) is 24.4 Å². The third-order valence-corrected chi connectivity index (χ3v) is 5.21. The van der Waals surface area contributed by atoms with Gasteiger partial charge in [0.15, 0.2) is 0 Å². The van der Waals surface area contributed by atoms with Gasteiger partial charge in [-0.25, -0.2) is 0 Å². The molecule has 3 N–H and O–H groups in total. The lowest BCUT2D eigenvalue weighted by Gasteiger charge is -2.42. The molecule has 2 aromatic rings. The number of carbonyl (C=O) groups excluding carboxylic acids is 1. The number of amides is 1. The van der Waals surface area contributed by atoms with Crippen LogP contribution >= 0.6 is 0 Å². The highest BCUT2D eigenvalue weighted by Crippen LogP contribution is 2.49. The fraction of sp³-hybridized carbons (Fsp3) is 0.500. The normalized spacial score (nSPS) is 27.3. The highest BCUT2D eigenvalue weighted by molar-refractivity contribution is 5.85. The summed E-state index contributed by atoms with van der Waals surface area (Å²) in [5, 5.41) is 14.6. The number of aromatic nitrogens is 2. The first-order valence-electron chi connectivity index (χ1n) is 7.69. The molecule has 1 amide bonds. The van der Waals surface area contributed by atoms with Crippen LogP contribution in [-0.4, -0.2) is 35.7 Å². The zero-order chi connectivity index (χ0) is 14.3. The Morgan fingerprint density at radius 2 is 2.43 bits per heavy atom. The number of nitrogens with zero attached hydrogens (tertiary/aromatic N) is 1. The van der Waals surface area contributed by atoms with Crippen molar-refractivity contribution in [1.82, 2.24) is 20.8 Å². The van der Waals surface area contributed by atoms with E-state index in [1.165, 1.54) is 12.0 Å². The molecule has 1 saturated carbocycles. The Labute approximate surface area is 123 Å². The van der Waals surface area contributed by atoms with Crippen LogP contribution in [0.2, 0.25) is 0 Å². The van der Waals surface area contributed by atoms with E-state index in [0.29, 0.717) is 12.5 Å². The van der Waals surface area contributed by atoms with Crippen molar-refractivity contribution in [1.29, 1.82) is 0 Å². The predicted octanol–water partition coefficient (Wildman–Crippen LogP) is 1.22. The van der Waals surface area contributed by atoms with Gasteiger partial charge in [0.05, 0.1) is 17.1 Å². The molecule has 2 atom stereocenters. The number of carbonyl (C=O) groups is 1. The SMILES string of the molecule is O=C(NCCc1ccc2cn[nH]c2c1)[C@]12CC[C@H]1CNC2. The molecule has 0 spiro atoms. The van der Waals surface area contributed by atoms with Gasteiger partial charge in [0.25, 0.3) is 0 Å². The average molecular weight is 284 g/mol. The largest absolute Gasteiger partial charge is 0.355 e. The Morgan fingerprint density at radius 3 is 3.24 bits per heavy atom. The van der Waals surface area contributed by atoms with Crippen LogP contribution in [0.25, 0.3) is 10.9 Å². The molecule has 2 fully saturated rings. The molecule has 1 saturated heterocycles. The molecule has 2 aliphatic rings. The zero-order valence-electron chi connectivity index (χ0n) is 12.0. The summed E-state index contributed by atoms with van der Waals surface area (Å²) in [6, 6.07) is 6.28. The lowest BCUT2D eigenvalue weighted by Crippen LogP contribution is -2.52. The fourth-order valence-electron chi connectivity index (χ4n) is 3.71. The van der Waals surface area contributed by atoms with E-state index in [1.807, 2.05) is 6.20 Å². The topological polar surface area (TPSA) is 69.8 Å². The van der Waals surface area contributed by atoms with E-state index in [1.54, 1.807) is 0 Å². The highest BCUT2D eigenvalue weighted by Gasteiger charge is 2.54. The van der Waals surface area contributed by atoms with Gasteiger partial charge in [-0.2, -0.15) is 5.10 Å². The van der Waals surface area contributed by atoms with Gasteiger partial charge in [-0.15, -0.1) is 0 Å². The molecule has 0 radical (unpaired) electrons. The number of benzene rings is 1. The van der Waals surface area contributed by atoms with E-state index in [9.17, 15) is 4.79 Å². The molecule has 4 rings (SSSR count). The molecule has 0 unspecified atom stereocenters. The number of aromatic amines is 1. The van der Waals surface area contributed by atoms with Crippen molar-refractivity contribution in [2.75, 3.05) is 19.6 Å². The second kappa shape index (κ2) is 4.84. The summed E-state index contributed by atoms with van der Waals surface area (Å²) in [5.74, 6) is 0.796. The molecular formula is C16H20N4O. The van der Waals surface area contributed by atoms with Crippen LogP contribution in [0.4, 0.5) is 0 Å². The minimum atomic E-state index is -0.104. The van der Waals surface area contributed by atoms with E-state index in [4.69, 9.17) is 0 Å². The van der Waals surface area contributed by atoms with E-state index in [2.05, 4.69) is 39.0 Å². The van der Waals surface area contributed by atoms with Gasteiger partial charge in [0.2, 0.25) is 5.91 Å². The molecule has 0 bridgehead atoms. The van der Waals surface area contributed by atoms with E-state index < -0.39 is 0 Å². The van der Waals surface area contributed by atoms with Crippen molar-refractivity contribution in [3.8, 4) is 0 Å². The Hall–Kier alpha value is -1.88. The number of hydrogen-bond acceptors (Lipinski definition) is 3. The Kier molecular flexibility index (Phi) is 2.96. The van der Waals surface area contributed by atoms with Crippen LogP contribution in [0.1, 0.15) is 18.4 Å². The lowest BCUT2D eigenvalue weighted by atomic mass is 9.61. The lowest BCUT2D eigenvalue weighted by molar-refractivity contribution is -0.137. The van der Waals surface area contributed by atoms with Gasteiger partial charge in [0, 0.05) is 18.5 Å². The van der Waals surface area contributed by atoms with E-state index in [0.717, 1.165) is 36.8 Å². The van der Waals surface area contributed by atoms with Crippen molar-refractivity contribution in [3.05, 3.63) is 30.0 Å². The molecule has 5 heteroatoms. The molecule has 2 heterocycles. The minimum Gasteiger partial charge on any atom is -0.355 e. The van der Waals surface area contributed by atoms with Crippen LogP contribution in [0.3, 0.4) is 0 Å². The highest BCUT2D eigenvalue weighted by atomic mass is 16.2. The van der Waals surface area contributed by atoms with Crippen molar-refractivity contribution in [2.24, 2.45) is 11.3 Å². The molecular weight excluding hydrogens is 264 g/mol. The summed E-state index contributed by atoms with van der Waals surface area (Å²) in [4.78, 5) is 12.4. The first-order chi connectivity index (χ1) is 10.3. The second-order valence-corrected chi connectivity index (χ2v) is 6.32. The van der Waals surface area contributed by atoms with E-state index >= 15 is 0 Å². The smallest absolute Gasteiger partial charge is 0.227 e. The summed E-state index contributed by atoms with van der Waals surface area (Å²) >= 11 is 0. The van der Waals surface area contributed by atoms with Crippen molar-refractivity contribution in [2.45, 2.75) is 19.3 Å². The Balaban J connectivity index is 1.36. The average Bonchev–Trinajstić information content (AvgIpc) is 3.03. The van der Waals surface area contributed by atoms with Crippen LogP contribution in [0, 0.1) is 11.3 Å². The van der Waals surface area contributed by atoms with Gasteiger partial charge in [-0.1, -0.05) is 12.1 Å². The molecule has 5 nitrogen and oxygen atoms in total. The number of fused-ring (bicyclic) bond motifs is 2. The zero-order valence-corrected chi connectivity index (χ0v) is 12.0. The minimum absolute atomic E-state index is 0.104. The van der Waals surface area contributed by atoms with Crippen LogP contribution < -0.4 is 10.6 Å². The maximum absolute atomic E-state index is 12.4. The number of hydrogen-bond donors (Lipinski definition) is 3. The Bertz CT molecular complexity index is 680. The second-order valence-electron chi connectivity index (χ2n) is 6.32. The molecule has 110 valence electrons. The van der Waals surface area contributed by atoms with Gasteiger partial charge >= 0.3 is 0 Å². The quantitative estimate of drug-likeness (QED) is 0.790. The molecule has 1 aromatic heterocycles. The van der Waals surface area contributed by atoms with Gasteiger partial charge < -0.3 is 10.6 Å². The van der Waals surface area contributed by atoms with Gasteiger partial charge in [0.1, 0.15) is 0 Å². The first kappa shape index (κ1) is 12.8. The number of nitrogens with one attached hydrogen (secondary N) is 3. The first-order valence-corrected chi connectivity index (χ1v) is 7.69. The molecule has 21 heavy (non-hydrogen) atoms. The summed E-state index contributed by atoms with van der Waals surface area (Å²) in [6.45, 7) is 2.56. The Morgan fingerprint density at radius 1 is 1.48 bits per heavy atom. The van der Waals surface area contributed by atoms with Crippen LogP contribution in [-0.2, 0) is 11.2 Å². The summed E-state index contributed by atoms with van der Waals surface area (Å²) in [6.07, 6.45) is 4.91. The number of rotatable bonds is 4. The summed E-state index contributed by atoms with van der Waals surface area (Å²) in [7, 11) is 0. The molecule has 1 aromatic carbocycles. The molecule has 1 aliphatic heterocycles. The fourth-order valence-corrected chi connectivity index (χ4v) is 3.71. The monoisotopic (exact) mass is 284 g/mol. The number of H-pyrrole nitrogens is 1. The maximum Gasteiger partial charge on any atom is 0.227 e. The summed E-state index contributed by atoms with van der Waals surface area (Å²) in [5.41, 5.74) is 2.17. The maximum atomic E-state index is 12.4. The van der Waals surface area contributed by atoms with Gasteiger partial charge in [-0.3, -0.25) is 9.89 Å². The predicted molar refractivity (Wildman–Crippen MR) is 80.8 cm³/mol. The van der Waals surface area contributed by atoms with Gasteiger partial charge in [-0.05, 0) is 43.4 Å². The molecule has 1 aliphatic carbocycles.